The number of aliphatic hydroxyl groups excluding tert-OH is 1. The van der Waals surface area contributed by atoms with Crippen LogP contribution in [0.15, 0.2) is 70.6 Å². The lowest BCUT2D eigenvalue weighted by Gasteiger charge is -2.23. The maximum atomic E-state index is 13.6. The predicted octanol–water partition coefficient (Wildman–Crippen LogP) is 7.66. The van der Waals surface area contributed by atoms with Crippen molar-refractivity contribution in [2.24, 2.45) is 0 Å². The molecule has 1 amide bonds. The summed E-state index contributed by atoms with van der Waals surface area (Å²) in [7, 11) is 0. The van der Waals surface area contributed by atoms with E-state index in [9.17, 15) is 14.7 Å². The molecule has 4 aromatic rings. The third-order valence-electron chi connectivity index (χ3n) is 7.15. The average molecular weight is 655 g/mol. The number of Topliss-reactive ketones (excluding diaryl/α,β-unsaturated/α-hetero) is 1. The fourth-order valence-electron chi connectivity index (χ4n) is 4.89. The molecular formula is C31H25Cl2N3O5S2. The first-order chi connectivity index (χ1) is 20.7. The van der Waals surface area contributed by atoms with E-state index in [2.05, 4.69) is 24.0 Å². The van der Waals surface area contributed by atoms with E-state index in [1.807, 2.05) is 30.3 Å². The summed E-state index contributed by atoms with van der Waals surface area (Å²) < 4.78 is 11.9. The molecule has 3 aromatic carbocycles. The minimum absolute atomic E-state index is 0.0451. The topological polar surface area (TPSA) is 102 Å². The van der Waals surface area contributed by atoms with Gasteiger partial charge in [-0.2, -0.15) is 0 Å². The van der Waals surface area contributed by atoms with Crippen molar-refractivity contribution in [3.63, 3.8) is 0 Å². The van der Waals surface area contributed by atoms with Crippen molar-refractivity contribution in [1.82, 2.24) is 10.2 Å². The zero-order valence-corrected chi connectivity index (χ0v) is 26.2. The van der Waals surface area contributed by atoms with Crippen LogP contribution in [-0.2, 0) is 15.3 Å². The van der Waals surface area contributed by atoms with Crippen LogP contribution in [-0.4, -0.2) is 40.2 Å². The molecule has 1 aromatic heterocycles. The molecule has 220 valence electrons. The van der Waals surface area contributed by atoms with Gasteiger partial charge in [0.25, 0.3) is 5.78 Å². The molecule has 1 fully saturated rings. The van der Waals surface area contributed by atoms with Crippen molar-refractivity contribution >= 4 is 68.9 Å². The number of benzene rings is 3. The number of hydrogen-bond donors (Lipinski definition) is 1. The number of carbonyl (C=O) groups excluding carboxylic acids is 2. The van der Waals surface area contributed by atoms with Gasteiger partial charge in [0.1, 0.15) is 19.0 Å². The van der Waals surface area contributed by atoms with E-state index in [-0.39, 0.29) is 22.4 Å². The molecule has 0 aliphatic carbocycles. The minimum Gasteiger partial charge on any atom is -0.507 e. The number of nitrogens with zero attached hydrogens (tertiary/aromatic N) is 3. The summed E-state index contributed by atoms with van der Waals surface area (Å²) in [5.41, 5.74) is 2.91. The minimum atomic E-state index is -0.925. The molecule has 6 rings (SSSR count). The van der Waals surface area contributed by atoms with Crippen LogP contribution < -0.4 is 14.4 Å². The molecule has 3 heterocycles. The lowest BCUT2D eigenvalue weighted by Crippen LogP contribution is -2.29. The van der Waals surface area contributed by atoms with Gasteiger partial charge in [0, 0.05) is 21.4 Å². The lowest BCUT2D eigenvalue weighted by molar-refractivity contribution is -0.132. The van der Waals surface area contributed by atoms with Gasteiger partial charge >= 0.3 is 5.91 Å². The van der Waals surface area contributed by atoms with Crippen molar-refractivity contribution in [2.75, 3.05) is 18.1 Å². The van der Waals surface area contributed by atoms with Gasteiger partial charge in [0.15, 0.2) is 15.8 Å². The average Bonchev–Trinajstić information content (AvgIpc) is 3.57. The van der Waals surface area contributed by atoms with E-state index in [0.717, 1.165) is 11.1 Å². The second kappa shape index (κ2) is 12.2. The first-order valence-electron chi connectivity index (χ1n) is 13.4. The summed E-state index contributed by atoms with van der Waals surface area (Å²) >= 11 is 14.9. The molecule has 0 radical (unpaired) electrons. The van der Waals surface area contributed by atoms with Gasteiger partial charge in [-0.1, -0.05) is 90.5 Å². The highest BCUT2D eigenvalue weighted by Gasteiger charge is 2.48. The Bertz CT molecular complexity index is 1760. The van der Waals surface area contributed by atoms with Gasteiger partial charge in [-0.25, -0.2) is 0 Å². The van der Waals surface area contributed by atoms with Crippen LogP contribution in [0.3, 0.4) is 0 Å². The Hall–Kier alpha value is -3.57. The summed E-state index contributed by atoms with van der Waals surface area (Å²) in [6, 6.07) is 16.9. The molecule has 43 heavy (non-hydrogen) atoms. The third kappa shape index (κ3) is 5.84. The number of aliphatic hydroxyl groups is 1. The van der Waals surface area contributed by atoms with Gasteiger partial charge in [0.2, 0.25) is 5.13 Å². The number of aromatic nitrogens is 2. The molecule has 1 atom stereocenters. The third-order valence-corrected chi connectivity index (χ3v) is 9.84. The quantitative estimate of drug-likeness (QED) is 0.0713. The molecule has 0 bridgehead atoms. The number of hydrogen-bond acceptors (Lipinski definition) is 9. The van der Waals surface area contributed by atoms with E-state index in [0.29, 0.717) is 56.0 Å². The van der Waals surface area contributed by atoms with E-state index < -0.39 is 17.7 Å². The second-order valence-electron chi connectivity index (χ2n) is 10.2. The van der Waals surface area contributed by atoms with Crippen LogP contribution in [0.5, 0.6) is 11.5 Å². The highest BCUT2D eigenvalue weighted by Crippen LogP contribution is 2.45. The first-order valence-corrected chi connectivity index (χ1v) is 16.0. The van der Waals surface area contributed by atoms with Crippen molar-refractivity contribution in [2.45, 2.75) is 35.9 Å². The molecular weight excluding hydrogens is 629 g/mol. The number of ether oxygens (including phenoxy) is 2. The van der Waals surface area contributed by atoms with Gasteiger partial charge in [-0.3, -0.25) is 14.5 Å². The van der Waals surface area contributed by atoms with Crippen LogP contribution in [0, 0.1) is 0 Å². The van der Waals surface area contributed by atoms with Gasteiger partial charge in [-0.05, 0) is 52.9 Å². The fraction of sp³-hybridized carbons (Fsp3) is 0.226. The number of anilines is 1. The maximum absolute atomic E-state index is 13.6. The van der Waals surface area contributed by atoms with Crippen molar-refractivity contribution < 1.29 is 24.2 Å². The number of thioether (sulfide) groups is 1. The van der Waals surface area contributed by atoms with Gasteiger partial charge in [-0.15, -0.1) is 10.2 Å². The highest BCUT2D eigenvalue weighted by molar-refractivity contribution is 8.00. The van der Waals surface area contributed by atoms with E-state index in [1.54, 1.807) is 30.3 Å². The van der Waals surface area contributed by atoms with Crippen molar-refractivity contribution in [1.29, 1.82) is 0 Å². The van der Waals surface area contributed by atoms with Crippen LogP contribution >= 0.6 is 46.3 Å². The standard InChI is InChI=1S/C31H25Cl2N3O5S2/c1-16(2)17-3-5-18(6-4-17)26-25(27(37)19-8-10-23-24(13-19)41-12-11-40-23)28(38)29(39)36(26)30-34-35-31(43-30)42-15-20-7-9-21(32)14-22(20)33/h3-10,13-14,16,26,37H,11-12,15H2,1-2H3/b27-25+/t26-/m0/s1. The predicted molar refractivity (Wildman–Crippen MR) is 169 cm³/mol. The van der Waals surface area contributed by atoms with Gasteiger partial charge in [0.05, 0.1) is 11.6 Å². The smallest absolute Gasteiger partial charge is 0.301 e. The Morgan fingerprint density at radius 1 is 1.02 bits per heavy atom. The highest BCUT2D eigenvalue weighted by atomic mass is 35.5. The molecule has 0 unspecified atom stereocenters. The summed E-state index contributed by atoms with van der Waals surface area (Å²) in [5.74, 6) is -0.138. The van der Waals surface area contributed by atoms with E-state index in [1.165, 1.54) is 28.0 Å². The summed E-state index contributed by atoms with van der Waals surface area (Å²) in [5, 5.41) is 21.4. The maximum Gasteiger partial charge on any atom is 0.301 e. The molecule has 1 saturated heterocycles. The number of carbonyl (C=O) groups is 2. The zero-order valence-electron chi connectivity index (χ0n) is 23.0. The first kappa shape index (κ1) is 29.5. The summed E-state index contributed by atoms with van der Waals surface area (Å²) in [4.78, 5) is 28.5. The SMILES string of the molecule is CC(C)c1ccc([C@H]2/C(=C(\O)c3ccc4c(c3)OCCO4)C(=O)C(=O)N2c2nnc(SCc3ccc(Cl)cc3Cl)s2)cc1. The van der Waals surface area contributed by atoms with Crippen LogP contribution in [0.1, 0.15) is 48.1 Å². The Morgan fingerprint density at radius 3 is 2.49 bits per heavy atom. The molecule has 0 spiro atoms. The molecule has 2 aliphatic heterocycles. The Morgan fingerprint density at radius 2 is 1.77 bits per heavy atom. The van der Waals surface area contributed by atoms with Crippen molar-refractivity contribution in [3.8, 4) is 11.5 Å². The molecule has 2 aliphatic rings. The Kier molecular flexibility index (Phi) is 8.37. The number of ketones is 1. The van der Waals surface area contributed by atoms with Crippen LogP contribution in [0.25, 0.3) is 5.76 Å². The lowest BCUT2D eigenvalue weighted by atomic mass is 9.93. The number of halogens is 2. The summed E-state index contributed by atoms with van der Waals surface area (Å²) in [6.07, 6.45) is 0. The number of fused-ring (bicyclic) bond motifs is 1. The fourth-order valence-corrected chi connectivity index (χ4v) is 7.32. The zero-order chi connectivity index (χ0) is 30.2. The number of amides is 1. The van der Waals surface area contributed by atoms with Gasteiger partial charge < -0.3 is 14.6 Å². The van der Waals surface area contributed by atoms with Crippen LogP contribution in [0.2, 0.25) is 10.0 Å². The van der Waals surface area contributed by atoms with Crippen LogP contribution in [0.4, 0.5) is 5.13 Å². The largest absolute Gasteiger partial charge is 0.507 e. The molecule has 0 saturated carbocycles. The van der Waals surface area contributed by atoms with E-state index in [4.69, 9.17) is 32.7 Å². The Labute approximate surface area is 266 Å². The number of rotatable bonds is 7. The molecule has 12 heteroatoms. The Balaban J connectivity index is 1.39. The molecule has 1 N–H and O–H groups in total. The van der Waals surface area contributed by atoms with E-state index >= 15 is 0 Å². The molecule has 8 nitrogen and oxygen atoms in total. The normalized spacial score (nSPS) is 17.6. The summed E-state index contributed by atoms with van der Waals surface area (Å²) in [6.45, 7) is 4.96. The van der Waals surface area contributed by atoms with Crippen molar-refractivity contribution in [3.05, 3.63) is 98.5 Å². The second-order valence-corrected chi connectivity index (χ2v) is 13.2. The monoisotopic (exact) mass is 653 g/mol.